The summed E-state index contributed by atoms with van der Waals surface area (Å²) in [6, 6.07) is 0.492. The van der Waals surface area contributed by atoms with Crippen LogP contribution in [-0.4, -0.2) is 25.8 Å². The second-order valence-electron chi connectivity index (χ2n) is 4.32. The van der Waals surface area contributed by atoms with Gasteiger partial charge in [-0.3, -0.25) is 0 Å². The van der Waals surface area contributed by atoms with Crippen LogP contribution >= 0.6 is 11.3 Å². The molecule has 6 heteroatoms. The van der Waals surface area contributed by atoms with E-state index in [0.29, 0.717) is 6.04 Å². The van der Waals surface area contributed by atoms with E-state index in [0.717, 1.165) is 36.8 Å². The van der Waals surface area contributed by atoms with Crippen molar-refractivity contribution in [3.8, 4) is 0 Å². The van der Waals surface area contributed by atoms with E-state index >= 15 is 0 Å². The maximum atomic E-state index is 4.26. The molecule has 0 aromatic carbocycles. The van der Waals surface area contributed by atoms with E-state index in [4.69, 9.17) is 0 Å². The van der Waals surface area contributed by atoms with Gasteiger partial charge in [0, 0.05) is 30.1 Å². The number of fused-ring (bicyclic) bond motifs is 1. The van der Waals surface area contributed by atoms with Crippen LogP contribution in [-0.2, 0) is 19.5 Å². The normalized spacial score (nSPS) is 19.2. The van der Waals surface area contributed by atoms with Gasteiger partial charge in [0.05, 0.1) is 11.6 Å². The lowest BCUT2D eigenvalue weighted by molar-refractivity contribution is 0.359. The molecule has 1 aliphatic heterocycles. The molecule has 1 atom stereocenters. The lowest BCUT2D eigenvalue weighted by Crippen LogP contribution is -2.37. The fraction of sp³-hybridized carbons (Fsp3) is 0.545. The van der Waals surface area contributed by atoms with Gasteiger partial charge in [-0.25, -0.2) is 14.6 Å². The van der Waals surface area contributed by atoms with Crippen LogP contribution in [0.5, 0.6) is 0 Å². The second-order valence-corrected chi connectivity index (χ2v) is 5.64. The molecule has 5 nitrogen and oxygen atoms in total. The topological polar surface area (TPSA) is 55.6 Å². The summed E-state index contributed by atoms with van der Waals surface area (Å²) in [4.78, 5) is 9.79. The molecule has 1 aliphatic rings. The lowest BCUT2D eigenvalue weighted by Gasteiger charge is -2.23. The number of aryl methyl sites for hydroxylation is 2. The first kappa shape index (κ1) is 10.9. The predicted molar refractivity (Wildman–Crippen MR) is 65.8 cm³/mol. The van der Waals surface area contributed by atoms with Crippen molar-refractivity contribution in [3.05, 3.63) is 28.2 Å². The number of rotatable bonds is 3. The van der Waals surface area contributed by atoms with Gasteiger partial charge >= 0.3 is 0 Å². The first-order valence-electron chi connectivity index (χ1n) is 5.82. The SMILES string of the molecule is Cc1ncc(CN[C@H]2CCc3ncnn3C2)s1. The fourth-order valence-electron chi connectivity index (χ4n) is 2.14. The minimum Gasteiger partial charge on any atom is -0.307 e. The van der Waals surface area contributed by atoms with Gasteiger partial charge in [-0.05, 0) is 13.3 Å². The summed E-state index contributed by atoms with van der Waals surface area (Å²) >= 11 is 1.76. The number of hydrogen-bond donors (Lipinski definition) is 1. The van der Waals surface area contributed by atoms with E-state index in [9.17, 15) is 0 Å². The molecule has 0 unspecified atom stereocenters. The molecule has 2 aromatic rings. The van der Waals surface area contributed by atoms with E-state index in [1.807, 2.05) is 17.8 Å². The summed E-state index contributed by atoms with van der Waals surface area (Å²) in [7, 11) is 0. The number of hydrogen-bond acceptors (Lipinski definition) is 5. The summed E-state index contributed by atoms with van der Waals surface area (Å²) in [5.74, 6) is 1.11. The predicted octanol–water partition coefficient (Wildman–Crippen LogP) is 1.15. The highest BCUT2D eigenvalue weighted by atomic mass is 32.1. The molecule has 0 saturated heterocycles. The van der Waals surface area contributed by atoms with Crippen LogP contribution in [0.1, 0.15) is 22.1 Å². The van der Waals surface area contributed by atoms with Gasteiger partial charge in [0.1, 0.15) is 12.2 Å². The Morgan fingerprint density at radius 2 is 2.47 bits per heavy atom. The average molecular weight is 249 g/mol. The van der Waals surface area contributed by atoms with E-state index in [-0.39, 0.29) is 0 Å². The molecule has 0 radical (unpaired) electrons. The molecule has 0 spiro atoms. The molecule has 2 aromatic heterocycles. The van der Waals surface area contributed by atoms with Crippen LogP contribution in [0.3, 0.4) is 0 Å². The van der Waals surface area contributed by atoms with Crippen LogP contribution in [0, 0.1) is 6.92 Å². The zero-order valence-electron chi connectivity index (χ0n) is 9.76. The summed E-state index contributed by atoms with van der Waals surface area (Å²) in [5.41, 5.74) is 0. The Morgan fingerprint density at radius 1 is 1.53 bits per heavy atom. The molecule has 17 heavy (non-hydrogen) atoms. The van der Waals surface area contributed by atoms with Crippen LogP contribution in [0.2, 0.25) is 0 Å². The van der Waals surface area contributed by atoms with E-state index < -0.39 is 0 Å². The zero-order valence-corrected chi connectivity index (χ0v) is 10.6. The third kappa shape index (κ3) is 2.37. The minimum absolute atomic E-state index is 0.492. The molecule has 0 aliphatic carbocycles. The fourth-order valence-corrected chi connectivity index (χ4v) is 2.88. The van der Waals surface area contributed by atoms with Crippen molar-refractivity contribution in [2.45, 2.75) is 38.9 Å². The Morgan fingerprint density at radius 3 is 3.29 bits per heavy atom. The molecule has 0 saturated carbocycles. The van der Waals surface area contributed by atoms with Gasteiger partial charge in [0.2, 0.25) is 0 Å². The van der Waals surface area contributed by atoms with Gasteiger partial charge in [0.15, 0.2) is 0 Å². The highest BCUT2D eigenvalue weighted by Crippen LogP contribution is 2.14. The molecule has 90 valence electrons. The van der Waals surface area contributed by atoms with Crippen molar-refractivity contribution < 1.29 is 0 Å². The van der Waals surface area contributed by atoms with Crippen molar-refractivity contribution in [1.82, 2.24) is 25.1 Å². The van der Waals surface area contributed by atoms with Crippen molar-refractivity contribution in [2.75, 3.05) is 0 Å². The Bertz CT molecular complexity index is 503. The highest BCUT2D eigenvalue weighted by Gasteiger charge is 2.19. The van der Waals surface area contributed by atoms with Crippen LogP contribution < -0.4 is 5.32 Å². The zero-order chi connectivity index (χ0) is 11.7. The van der Waals surface area contributed by atoms with Crippen molar-refractivity contribution in [3.63, 3.8) is 0 Å². The highest BCUT2D eigenvalue weighted by molar-refractivity contribution is 7.11. The van der Waals surface area contributed by atoms with Gasteiger partial charge in [-0.15, -0.1) is 11.3 Å². The molecule has 0 amide bonds. The van der Waals surface area contributed by atoms with Gasteiger partial charge in [0.25, 0.3) is 0 Å². The van der Waals surface area contributed by atoms with E-state index in [2.05, 4.69) is 20.4 Å². The molecule has 3 heterocycles. The lowest BCUT2D eigenvalue weighted by atomic mass is 10.1. The second kappa shape index (κ2) is 4.54. The van der Waals surface area contributed by atoms with Crippen LogP contribution in [0.25, 0.3) is 0 Å². The van der Waals surface area contributed by atoms with Crippen LogP contribution in [0.4, 0.5) is 0 Å². The number of nitrogens with one attached hydrogen (secondary N) is 1. The molecular formula is C11H15N5S. The summed E-state index contributed by atoms with van der Waals surface area (Å²) < 4.78 is 2.00. The third-order valence-electron chi connectivity index (χ3n) is 3.04. The third-order valence-corrected chi connectivity index (χ3v) is 3.95. The first-order valence-corrected chi connectivity index (χ1v) is 6.64. The average Bonchev–Trinajstić information content (AvgIpc) is 2.94. The monoisotopic (exact) mass is 249 g/mol. The Labute approximate surface area is 104 Å². The number of nitrogens with zero attached hydrogens (tertiary/aromatic N) is 4. The standard InChI is InChI=1S/C11H15N5S/c1-8-12-4-10(17-8)5-13-9-2-3-11-14-7-15-16(11)6-9/h4,7,9,13H,2-3,5-6H2,1H3/t9-/m0/s1. The molecular weight excluding hydrogens is 234 g/mol. The van der Waals surface area contributed by atoms with E-state index in [1.54, 1.807) is 17.7 Å². The quantitative estimate of drug-likeness (QED) is 0.886. The van der Waals surface area contributed by atoms with Crippen LogP contribution in [0.15, 0.2) is 12.5 Å². The van der Waals surface area contributed by atoms with Crippen molar-refractivity contribution in [1.29, 1.82) is 0 Å². The van der Waals surface area contributed by atoms with Gasteiger partial charge in [-0.1, -0.05) is 0 Å². The molecule has 0 fully saturated rings. The van der Waals surface area contributed by atoms with Gasteiger partial charge in [-0.2, -0.15) is 5.10 Å². The number of thiazole rings is 1. The maximum Gasteiger partial charge on any atom is 0.138 e. The maximum absolute atomic E-state index is 4.26. The molecule has 3 rings (SSSR count). The van der Waals surface area contributed by atoms with Gasteiger partial charge < -0.3 is 5.32 Å². The van der Waals surface area contributed by atoms with Crippen molar-refractivity contribution in [2.24, 2.45) is 0 Å². The largest absolute Gasteiger partial charge is 0.307 e. The number of aromatic nitrogens is 4. The smallest absolute Gasteiger partial charge is 0.138 e. The molecule has 1 N–H and O–H groups in total. The Balaban J connectivity index is 1.57. The molecule has 0 bridgehead atoms. The summed E-state index contributed by atoms with van der Waals surface area (Å²) in [6.07, 6.45) is 5.75. The minimum atomic E-state index is 0.492. The Kier molecular flexibility index (Phi) is 2.90. The first-order chi connectivity index (χ1) is 8.31. The van der Waals surface area contributed by atoms with E-state index in [1.165, 1.54) is 4.88 Å². The Hall–Kier alpha value is -1.27. The summed E-state index contributed by atoms with van der Waals surface area (Å²) in [6.45, 7) is 3.86. The van der Waals surface area contributed by atoms with Crippen molar-refractivity contribution >= 4 is 11.3 Å². The summed E-state index contributed by atoms with van der Waals surface area (Å²) in [5, 5.41) is 8.91.